The van der Waals surface area contributed by atoms with Crippen molar-refractivity contribution < 1.29 is 19.0 Å². The maximum absolute atomic E-state index is 12.6. The van der Waals surface area contributed by atoms with Gasteiger partial charge in [0.05, 0.1) is 20.3 Å². The van der Waals surface area contributed by atoms with Gasteiger partial charge in [-0.1, -0.05) is 19.8 Å². The summed E-state index contributed by atoms with van der Waals surface area (Å²) in [6.07, 6.45) is 6.12. The highest BCUT2D eigenvalue weighted by atomic mass is 16.5. The summed E-state index contributed by atoms with van der Waals surface area (Å²) in [5.41, 5.74) is 0.602. The number of likely N-dealkylation sites (tertiary alicyclic amines) is 1. The van der Waals surface area contributed by atoms with Gasteiger partial charge >= 0.3 is 0 Å². The molecule has 0 bridgehead atoms. The lowest BCUT2D eigenvalue weighted by Crippen LogP contribution is -2.46. The third kappa shape index (κ3) is 4.38. The van der Waals surface area contributed by atoms with E-state index in [9.17, 15) is 4.79 Å². The van der Waals surface area contributed by atoms with E-state index in [2.05, 4.69) is 11.8 Å². The van der Waals surface area contributed by atoms with Crippen LogP contribution in [0.25, 0.3) is 0 Å². The molecule has 0 aromatic heterocycles. The number of ether oxygens (including phenoxy) is 3. The number of carbonyl (C=O) groups excluding carboxylic acids is 1. The van der Waals surface area contributed by atoms with Crippen molar-refractivity contribution in [3.05, 3.63) is 23.8 Å². The van der Waals surface area contributed by atoms with Gasteiger partial charge in [-0.05, 0) is 49.9 Å². The monoisotopic (exact) mass is 361 g/mol. The molecule has 3 rings (SSSR count). The van der Waals surface area contributed by atoms with Crippen LogP contribution in [0.5, 0.6) is 11.5 Å². The predicted octanol–water partition coefficient (Wildman–Crippen LogP) is 3.56. The van der Waals surface area contributed by atoms with Gasteiger partial charge in [0.2, 0.25) is 0 Å². The van der Waals surface area contributed by atoms with Crippen molar-refractivity contribution in [2.75, 3.05) is 33.9 Å². The van der Waals surface area contributed by atoms with Gasteiger partial charge in [0, 0.05) is 18.2 Å². The number of ketones is 1. The molecule has 1 aliphatic carbocycles. The van der Waals surface area contributed by atoms with Crippen LogP contribution in [0.2, 0.25) is 0 Å². The standard InChI is InChI=1S/C21H31NO4/c1-15-10-11-22(13-15)17-6-4-5-7-19(17)26-14-18(23)16-8-9-20(24-2)21(12-16)25-3/h8-9,12,15,17,19H,4-7,10-11,13-14H2,1-3H3/t15-,17?,19?/m1/s1. The molecular formula is C21H31NO4. The second-order valence-corrected chi connectivity index (χ2v) is 7.58. The molecule has 0 amide bonds. The van der Waals surface area contributed by atoms with E-state index in [0.717, 1.165) is 25.4 Å². The van der Waals surface area contributed by atoms with Gasteiger partial charge in [-0.25, -0.2) is 0 Å². The minimum Gasteiger partial charge on any atom is -0.493 e. The van der Waals surface area contributed by atoms with Crippen LogP contribution >= 0.6 is 0 Å². The number of rotatable bonds is 7. The Morgan fingerprint density at radius 2 is 1.88 bits per heavy atom. The zero-order valence-corrected chi connectivity index (χ0v) is 16.2. The molecule has 5 heteroatoms. The van der Waals surface area contributed by atoms with E-state index >= 15 is 0 Å². The number of hydrogen-bond acceptors (Lipinski definition) is 5. The predicted molar refractivity (Wildman–Crippen MR) is 101 cm³/mol. The van der Waals surface area contributed by atoms with E-state index < -0.39 is 0 Å². The van der Waals surface area contributed by atoms with Crippen LogP contribution < -0.4 is 9.47 Å². The Bertz CT molecular complexity index is 618. The Morgan fingerprint density at radius 1 is 1.12 bits per heavy atom. The minimum atomic E-state index is -0.00920. The summed E-state index contributed by atoms with van der Waals surface area (Å²) in [7, 11) is 3.16. The van der Waals surface area contributed by atoms with Crippen molar-refractivity contribution >= 4 is 5.78 Å². The number of Topliss-reactive ketones (excluding diaryl/α,β-unsaturated/α-hetero) is 1. The van der Waals surface area contributed by atoms with Crippen LogP contribution in [-0.2, 0) is 4.74 Å². The van der Waals surface area contributed by atoms with E-state index in [4.69, 9.17) is 14.2 Å². The van der Waals surface area contributed by atoms with Crippen LogP contribution in [0.15, 0.2) is 18.2 Å². The fourth-order valence-electron chi connectivity index (χ4n) is 4.24. The lowest BCUT2D eigenvalue weighted by Gasteiger charge is -2.37. The maximum atomic E-state index is 12.6. The molecule has 1 aliphatic heterocycles. The molecule has 0 N–H and O–H groups in total. The summed E-state index contributed by atoms with van der Waals surface area (Å²) in [5.74, 6) is 1.96. The number of nitrogens with zero attached hydrogens (tertiary/aromatic N) is 1. The van der Waals surface area contributed by atoms with E-state index in [1.165, 1.54) is 25.7 Å². The summed E-state index contributed by atoms with van der Waals surface area (Å²) in [6.45, 7) is 4.77. The van der Waals surface area contributed by atoms with Crippen LogP contribution in [0.4, 0.5) is 0 Å². The first-order valence-corrected chi connectivity index (χ1v) is 9.73. The Kier molecular flexibility index (Phi) is 6.54. The van der Waals surface area contributed by atoms with Gasteiger partial charge in [-0.3, -0.25) is 9.69 Å². The summed E-state index contributed by atoms with van der Waals surface area (Å²) < 4.78 is 16.7. The molecule has 2 fully saturated rings. The van der Waals surface area contributed by atoms with Crippen molar-refractivity contribution in [1.29, 1.82) is 0 Å². The summed E-state index contributed by atoms with van der Waals surface area (Å²) in [4.78, 5) is 15.2. The highest BCUT2D eigenvalue weighted by molar-refractivity contribution is 5.97. The fourth-order valence-corrected chi connectivity index (χ4v) is 4.24. The van der Waals surface area contributed by atoms with Gasteiger partial charge < -0.3 is 14.2 Å². The van der Waals surface area contributed by atoms with Gasteiger partial charge in [-0.2, -0.15) is 0 Å². The molecule has 2 aliphatic rings. The van der Waals surface area contributed by atoms with Crippen molar-refractivity contribution in [1.82, 2.24) is 4.90 Å². The van der Waals surface area contributed by atoms with Gasteiger partial charge in [-0.15, -0.1) is 0 Å². The average molecular weight is 361 g/mol. The zero-order chi connectivity index (χ0) is 18.5. The molecular weight excluding hydrogens is 330 g/mol. The number of methoxy groups -OCH3 is 2. The molecule has 1 aromatic rings. The summed E-state index contributed by atoms with van der Waals surface area (Å²) in [5, 5.41) is 0. The van der Waals surface area contributed by atoms with E-state index in [-0.39, 0.29) is 18.5 Å². The number of carbonyl (C=O) groups is 1. The van der Waals surface area contributed by atoms with Crippen molar-refractivity contribution in [2.45, 2.75) is 51.2 Å². The Labute approximate surface area is 156 Å². The summed E-state index contributed by atoms with van der Waals surface area (Å²) >= 11 is 0. The maximum Gasteiger partial charge on any atom is 0.188 e. The van der Waals surface area contributed by atoms with Gasteiger partial charge in [0.25, 0.3) is 0 Å². The number of benzene rings is 1. The normalized spacial score (nSPS) is 26.7. The minimum absolute atomic E-state index is 0.00920. The van der Waals surface area contributed by atoms with E-state index in [0.29, 0.717) is 23.1 Å². The fraction of sp³-hybridized carbons (Fsp3) is 0.667. The SMILES string of the molecule is COc1ccc(C(=O)COC2CCCCC2N2CC[C@@H](C)C2)cc1OC. The molecule has 0 spiro atoms. The topological polar surface area (TPSA) is 48.0 Å². The second-order valence-electron chi connectivity index (χ2n) is 7.58. The van der Waals surface area contributed by atoms with Crippen LogP contribution in [0.1, 0.15) is 49.4 Å². The molecule has 26 heavy (non-hydrogen) atoms. The molecule has 5 nitrogen and oxygen atoms in total. The highest BCUT2D eigenvalue weighted by Crippen LogP contribution is 2.30. The zero-order valence-electron chi connectivity index (χ0n) is 16.2. The molecule has 1 heterocycles. The third-order valence-electron chi connectivity index (χ3n) is 5.73. The van der Waals surface area contributed by atoms with Gasteiger partial charge in [0.15, 0.2) is 17.3 Å². The van der Waals surface area contributed by atoms with E-state index in [1.54, 1.807) is 32.4 Å². The average Bonchev–Trinajstić information content (AvgIpc) is 3.11. The smallest absolute Gasteiger partial charge is 0.188 e. The Hall–Kier alpha value is -1.59. The first kappa shape index (κ1) is 19.2. The first-order valence-electron chi connectivity index (χ1n) is 9.73. The summed E-state index contributed by atoms with van der Waals surface area (Å²) in [6, 6.07) is 5.73. The highest BCUT2D eigenvalue weighted by Gasteiger charge is 2.34. The molecule has 144 valence electrons. The molecule has 1 saturated carbocycles. The Balaban J connectivity index is 1.60. The lowest BCUT2D eigenvalue weighted by molar-refractivity contribution is -0.0243. The first-order chi connectivity index (χ1) is 12.6. The van der Waals surface area contributed by atoms with Gasteiger partial charge in [0.1, 0.15) is 6.61 Å². The van der Waals surface area contributed by atoms with E-state index in [1.807, 2.05) is 0 Å². The molecule has 1 saturated heterocycles. The molecule has 1 aromatic carbocycles. The van der Waals surface area contributed by atoms with Crippen LogP contribution in [0.3, 0.4) is 0 Å². The molecule has 3 atom stereocenters. The third-order valence-corrected chi connectivity index (χ3v) is 5.73. The molecule has 0 radical (unpaired) electrons. The quantitative estimate of drug-likeness (QED) is 0.695. The van der Waals surface area contributed by atoms with Crippen molar-refractivity contribution in [3.63, 3.8) is 0 Å². The number of hydrogen-bond donors (Lipinski definition) is 0. The van der Waals surface area contributed by atoms with Crippen LogP contribution in [0, 0.1) is 5.92 Å². The van der Waals surface area contributed by atoms with Crippen molar-refractivity contribution in [2.24, 2.45) is 5.92 Å². The van der Waals surface area contributed by atoms with Crippen LogP contribution in [-0.4, -0.2) is 56.7 Å². The largest absolute Gasteiger partial charge is 0.493 e. The second kappa shape index (κ2) is 8.87. The van der Waals surface area contributed by atoms with Crippen molar-refractivity contribution in [3.8, 4) is 11.5 Å². The molecule has 2 unspecified atom stereocenters. The Morgan fingerprint density at radius 3 is 2.58 bits per heavy atom. The lowest BCUT2D eigenvalue weighted by atomic mass is 9.91.